The highest BCUT2D eigenvalue weighted by Crippen LogP contribution is 2.66. The van der Waals surface area contributed by atoms with Crippen molar-refractivity contribution in [1.29, 1.82) is 0 Å². The topological polar surface area (TPSA) is 37.4 Å². The van der Waals surface area contributed by atoms with Crippen molar-refractivity contribution >= 4 is 40.1 Å². The predicted octanol–water partition coefficient (Wildman–Crippen LogP) is 5.04. The van der Waals surface area contributed by atoms with Gasteiger partial charge >= 0.3 is 0 Å². The minimum atomic E-state index is -0.527. The molecular weight excluding hydrogens is 485 g/mol. The second-order valence-corrected chi connectivity index (χ2v) is 10.2. The van der Waals surface area contributed by atoms with Gasteiger partial charge in [-0.25, -0.2) is 4.90 Å². The van der Waals surface area contributed by atoms with Crippen molar-refractivity contribution < 1.29 is 9.59 Å². The first-order valence-corrected chi connectivity index (χ1v) is 11.3. The molecule has 0 aromatic heterocycles. The van der Waals surface area contributed by atoms with Crippen molar-refractivity contribution in [3.63, 3.8) is 0 Å². The van der Waals surface area contributed by atoms with Crippen LogP contribution in [0.15, 0.2) is 72.8 Å². The molecule has 1 fully saturated rings. The minimum Gasteiger partial charge on any atom is -0.274 e. The highest BCUT2D eigenvalue weighted by atomic mass is 127. The molecular formula is C26H20INO2. The Kier molecular flexibility index (Phi) is 3.55. The number of carbonyl (C=O) groups is 2. The van der Waals surface area contributed by atoms with Crippen LogP contribution in [0, 0.1) is 15.4 Å². The summed E-state index contributed by atoms with van der Waals surface area (Å²) >= 11 is 2.24. The van der Waals surface area contributed by atoms with E-state index < -0.39 is 22.7 Å². The van der Waals surface area contributed by atoms with Crippen LogP contribution in [0.1, 0.15) is 36.1 Å². The van der Waals surface area contributed by atoms with E-state index in [1.807, 2.05) is 48.5 Å². The smallest absolute Gasteiger partial charge is 0.238 e. The average molecular weight is 505 g/mol. The van der Waals surface area contributed by atoms with Crippen LogP contribution in [0.25, 0.3) is 0 Å². The quantitative estimate of drug-likeness (QED) is 0.344. The van der Waals surface area contributed by atoms with Gasteiger partial charge in [-0.1, -0.05) is 62.4 Å². The van der Waals surface area contributed by atoms with Crippen LogP contribution < -0.4 is 4.90 Å². The molecule has 3 nitrogen and oxygen atoms in total. The van der Waals surface area contributed by atoms with E-state index in [9.17, 15) is 9.59 Å². The SMILES string of the molecule is CC12c3ccccc3C(C)(c3ccccc31)[C@H]1C(=O)N(c3ccc(I)cc3)C(=O)[C@@H]12. The fourth-order valence-electron chi connectivity index (χ4n) is 6.42. The number of hydrogen-bond donors (Lipinski definition) is 0. The molecule has 0 N–H and O–H groups in total. The number of nitrogens with zero attached hydrogens (tertiary/aromatic N) is 1. The molecule has 30 heavy (non-hydrogen) atoms. The fraction of sp³-hybridized carbons (Fsp3) is 0.231. The lowest BCUT2D eigenvalue weighted by Gasteiger charge is -2.57. The Morgan fingerprint density at radius 3 is 1.40 bits per heavy atom. The van der Waals surface area contributed by atoms with Gasteiger partial charge in [0.15, 0.2) is 0 Å². The molecule has 0 radical (unpaired) electrons. The number of benzene rings is 3. The van der Waals surface area contributed by atoms with E-state index in [1.165, 1.54) is 27.2 Å². The number of halogens is 1. The molecule has 4 aliphatic rings. The third-order valence-electron chi connectivity index (χ3n) is 7.73. The van der Waals surface area contributed by atoms with Crippen LogP contribution >= 0.6 is 22.6 Å². The van der Waals surface area contributed by atoms with Gasteiger partial charge in [-0.3, -0.25) is 9.59 Å². The summed E-state index contributed by atoms with van der Waals surface area (Å²) in [7, 11) is 0. The second-order valence-electron chi connectivity index (χ2n) is 8.94. The van der Waals surface area contributed by atoms with Gasteiger partial charge < -0.3 is 0 Å². The molecule has 2 atom stereocenters. The van der Waals surface area contributed by atoms with Gasteiger partial charge in [-0.15, -0.1) is 0 Å². The van der Waals surface area contributed by atoms with E-state index in [2.05, 4.69) is 60.7 Å². The zero-order valence-corrected chi connectivity index (χ0v) is 18.9. The molecule has 4 heteroatoms. The molecule has 2 amide bonds. The van der Waals surface area contributed by atoms with Crippen LogP contribution in [0.2, 0.25) is 0 Å². The van der Waals surface area contributed by atoms with Gasteiger partial charge in [-0.05, 0) is 69.1 Å². The third-order valence-corrected chi connectivity index (χ3v) is 8.45. The molecule has 3 aliphatic carbocycles. The van der Waals surface area contributed by atoms with Crippen molar-refractivity contribution in [2.24, 2.45) is 11.8 Å². The lowest BCUT2D eigenvalue weighted by atomic mass is 9.42. The van der Waals surface area contributed by atoms with E-state index in [4.69, 9.17) is 0 Å². The molecule has 0 unspecified atom stereocenters. The van der Waals surface area contributed by atoms with Crippen molar-refractivity contribution in [1.82, 2.24) is 0 Å². The van der Waals surface area contributed by atoms with Crippen molar-refractivity contribution in [2.75, 3.05) is 4.90 Å². The summed E-state index contributed by atoms with van der Waals surface area (Å²) in [6.45, 7) is 4.31. The summed E-state index contributed by atoms with van der Waals surface area (Å²) in [4.78, 5) is 29.2. The largest absolute Gasteiger partial charge is 0.274 e. The van der Waals surface area contributed by atoms with E-state index in [1.54, 1.807) is 0 Å². The van der Waals surface area contributed by atoms with E-state index >= 15 is 0 Å². The number of amides is 2. The fourth-order valence-corrected chi connectivity index (χ4v) is 6.77. The Hall–Kier alpha value is -2.47. The van der Waals surface area contributed by atoms with Crippen LogP contribution in [0.4, 0.5) is 5.69 Å². The van der Waals surface area contributed by atoms with E-state index in [0.717, 1.165) is 3.57 Å². The summed E-state index contributed by atoms with van der Waals surface area (Å²) in [6.07, 6.45) is 0. The normalized spacial score (nSPS) is 30.8. The van der Waals surface area contributed by atoms with E-state index in [0.29, 0.717) is 5.69 Å². The first-order chi connectivity index (χ1) is 14.4. The standard InChI is InChI=1S/C26H20INO2/c1-25-17-7-3-5-9-19(17)26(2,20-10-6-4-8-18(20)25)22-21(25)23(29)28(24(22)30)16-13-11-15(27)12-14-16/h3-14,21-22H,1-2H3/t21-,22-,25?,26?/m1/s1. The molecule has 148 valence electrons. The van der Waals surface area contributed by atoms with Crippen molar-refractivity contribution in [3.05, 3.63) is 98.6 Å². The Morgan fingerprint density at radius 2 is 1.03 bits per heavy atom. The van der Waals surface area contributed by atoms with Gasteiger partial charge in [0.25, 0.3) is 0 Å². The first-order valence-electron chi connectivity index (χ1n) is 10.2. The monoisotopic (exact) mass is 505 g/mol. The summed E-state index contributed by atoms with van der Waals surface area (Å²) in [5.41, 5.74) is 4.33. The number of imide groups is 1. The Balaban J connectivity index is 1.66. The predicted molar refractivity (Wildman–Crippen MR) is 124 cm³/mol. The maximum Gasteiger partial charge on any atom is 0.238 e. The zero-order valence-electron chi connectivity index (χ0n) is 16.7. The maximum absolute atomic E-state index is 13.9. The highest BCUT2D eigenvalue weighted by Gasteiger charge is 2.70. The summed E-state index contributed by atoms with van der Waals surface area (Å²) in [5, 5.41) is 0. The zero-order chi connectivity index (χ0) is 20.8. The molecule has 1 aliphatic heterocycles. The number of carbonyl (C=O) groups excluding carboxylic acids is 2. The molecule has 7 rings (SSSR count). The average Bonchev–Trinajstić information content (AvgIpc) is 3.04. The van der Waals surface area contributed by atoms with E-state index in [-0.39, 0.29) is 11.8 Å². The van der Waals surface area contributed by atoms with Crippen molar-refractivity contribution in [2.45, 2.75) is 24.7 Å². The first kappa shape index (κ1) is 18.3. The molecule has 3 aromatic rings. The number of rotatable bonds is 1. The highest BCUT2D eigenvalue weighted by molar-refractivity contribution is 14.1. The molecule has 1 heterocycles. The number of hydrogen-bond acceptors (Lipinski definition) is 2. The van der Waals surface area contributed by atoms with Crippen LogP contribution in [-0.4, -0.2) is 11.8 Å². The number of anilines is 1. The third kappa shape index (κ3) is 1.92. The Bertz CT molecular complexity index is 1120. The maximum atomic E-state index is 13.9. The summed E-state index contributed by atoms with van der Waals surface area (Å²) < 4.78 is 1.08. The van der Waals surface area contributed by atoms with Gasteiger partial charge in [0.2, 0.25) is 11.8 Å². The molecule has 0 saturated carbocycles. The van der Waals surface area contributed by atoms with Gasteiger partial charge in [0, 0.05) is 14.4 Å². The second kappa shape index (κ2) is 5.82. The van der Waals surface area contributed by atoms with Crippen molar-refractivity contribution in [3.8, 4) is 0 Å². The Morgan fingerprint density at radius 1 is 0.667 bits per heavy atom. The molecule has 2 bridgehead atoms. The van der Waals surface area contributed by atoms with Gasteiger partial charge in [-0.2, -0.15) is 0 Å². The lowest BCUT2D eigenvalue weighted by molar-refractivity contribution is -0.124. The molecule has 3 aromatic carbocycles. The molecule has 1 saturated heterocycles. The van der Waals surface area contributed by atoms with Crippen LogP contribution in [-0.2, 0) is 20.4 Å². The summed E-state index contributed by atoms with van der Waals surface area (Å²) in [6, 6.07) is 24.4. The van der Waals surface area contributed by atoms with Gasteiger partial charge in [0.05, 0.1) is 17.5 Å². The van der Waals surface area contributed by atoms with Gasteiger partial charge in [0.1, 0.15) is 0 Å². The Labute approximate surface area is 189 Å². The van der Waals surface area contributed by atoms with Crippen LogP contribution in [0.5, 0.6) is 0 Å². The lowest BCUT2D eigenvalue weighted by Crippen LogP contribution is -2.59. The minimum absolute atomic E-state index is 0.0797. The molecule has 0 spiro atoms. The summed E-state index contributed by atoms with van der Waals surface area (Å²) in [5.74, 6) is -0.967. The van der Waals surface area contributed by atoms with Crippen LogP contribution in [0.3, 0.4) is 0 Å².